The van der Waals surface area contributed by atoms with E-state index in [1.165, 1.54) is 16.2 Å². The van der Waals surface area contributed by atoms with Crippen LogP contribution in [0.1, 0.15) is 52.9 Å². The molecule has 1 N–H and O–H groups in total. The van der Waals surface area contributed by atoms with Crippen LogP contribution in [0.3, 0.4) is 0 Å². The van der Waals surface area contributed by atoms with Crippen molar-refractivity contribution in [2.24, 2.45) is 11.3 Å². The highest BCUT2D eigenvalue weighted by Gasteiger charge is 2.32. The van der Waals surface area contributed by atoms with Crippen LogP contribution in [0, 0.1) is 22.7 Å². The Hall–Kier alpha value is -1.64. The Bertz CT molecular complexity index is 760. The lowest BCUT2D eigenvalue weighted by atomic mass is 9.72. The van der Waals surface area contributed by atoms with Gasteiger partial charge in [0.05, 0.1) is 10.4 Å². The summed E-state index contributed by atoms with van der Waals surface area (Å²) < 4.78 is 0. The Morgan fingerprint density at radius 2 is 2.22 bits per heavy atom. The molecule has 120 valence electrons. The third kappa shape index (κ3) is 3.19. The van der Waals surface area contributed by atoms with E-state index < -0.39 is 0 Å². The van der Waals surface area contributed by atoms with E-state index in [4.69, 9.17) is 0 Å². The second-order valence-electron chi connectivity index (χ2n) is 7.06. The number of nitrogens with zero attached hydrogens (tertiary/aromatic N) is 1. The number of nitrogens with one attached hydrogen (secondary N) is 1. The molecule has 0 fully saturated rings. The quantitative estimate of drug-likeness (QED) is 0.825. The number of carbonyl (C=O) groups is 1. The maximum atomic E-state index is 12.3. The maximum absolute atomic E-state index is 12.3. The van der Waals surface area contributed by atoms with E-state index in [-0.39, 0.29) is 11.3 Å². The normalized spacial score (nSPS) is 17.4. The fraction of sp³-hybridized carbons (Fsp3) is 0.444. The molecule has 0 unspecified atom stereocenters. The number of rotatable bonds is 2. The molecule has 1 amide bonds. The zero-order chi connectivity index (χ0) is 16.6. The lowest BCUT2D eigenvalue weighted by Crippen LogP contribution is -2.26. The van der Waals surface area contributed by atoms with Crippen molar-refractivity contribution in [1.82, 2.24) is 0 Å². The molecule has 0 saturated carbocycles. The van der Waals surface area contributed by atoms with Crippen molar-refractivity contribution in [2.45, 2.75) is 40.0 Å². The molecule has 0 spiro atoms. The topological polar surface area (TPSA) is 52.9 Å². The monoisotopic (exact) mass is 344 g/mol. The van der Waals surface area contributed by atoms with Gasteiger partial charge in [-0.3, -0.25) is 4.79 Å². The van der Waals surface area contributed by atoms with Crippen LogP contribution in [0.5, 0.6) is 0 Å². The van der Waals surface area contributed by atoms with E-state index >= 15 is 0 Å². The van der Waals surface area contributed by atoms with Gasteiger partial charge in [-0.2, -0.15) is 5.26 Å². The highest BCUT2D eigenvalue weighted by atomic mass is 32.1. The van der Waals surface area contributed by atoms with E-state index in [2.05, 4.69) is 32.2 Å². The number of amides is 1. The molecule has 0 saturated heterocycles. The fourth-order valence-electron chi connectivity index (χ4n) is 3.10. The second-order valence-corrected chi connectivity index (χ2v) is 9.11. The van der Waals surface area contributed by atoms with E-state index in [0.717, 1.165) is 24.8 Å². The van der Waals surface area contributed by atoms with Gasteiger partial charge in [0, 0.05) is 4.88 Å². The number of fused-ring (bicyclic) bond motifs is 1. The summed E-state index contributed by atoms with van der Waals surface area (Å²) in [6.07, 6.45) is 3.05. The maximum Gasteiger partial charge on any atom is 0.266 e. The summed E-state index contributed by atoms with van der Waals surface area (Å²) >= 11 is 2.99. The Labute approximate surface area is 145 Å². The van der Waals surface area contributed by atoms with E-state index in [0.29, 0.717) is 21.4 Å². The molecular formula is C18H20N2OS2. The molecule has 3 rings (SSSR count). The summed E-state index contributed by atoms with van der Waals surface area (Å²) in [4.78, 5) is 14.2. The molecule has 0 aliphatic heterocycles. The SMILES string of the molecule is CC(C)(C)[C@H]1CCc2c(sc(NC(=O)c3cccs3)c2C#N)C1. The van der Waals surface area contributed by atoms with Crippen LogP contribution in [-0.2, 0) is 12.8 Å². The molecule has 23 heavy (non-hydrogen) atoms. The minimum absolute atomic E-state index is 0.123. The van der Waals surface area contributed by atoms with Crippen molar-refractivity contribution in [2.75, 3.05) is 5.32 Å². The summed E-state index contributed by atoms with van der Waals surface area (Å²) in [5, 5.41) is 15.1. The summed E-state index contributed by atoms with van der Waals surface area (Å²) in [7, 11) is 0. The zero-order valence-electron chi connectivity index (χ0n) is 13.6. The molecule has 5 heteroatoms. The summed E-state index contributed by atoms with van der Waals surface area (Å²) in [6.45, 7) is 6.84. The standard InChI is InChI=1S/C18H20N2OS2/c1-18(2,3)11-6-7-12-13(10-19)17(23-15(12)9-11)20-16(21)14-5-4-8-22-14/h4-5,8,11H,6-7,9H2,1-3H3,(H,20,21)/t11-/m0/s1. The van der Waals surface area contributed by atoms with Crippen LogP contribution in [-0.4, -0.2) is 5.91 Å². The highest BCUT2D eigenvalue weighted by molar-refractivity contribution is 7.17. The zero-order valence-corrected chi connectivity index (χ0v) is 15.2. The average Bonchev–Trinajstić information content (AvgIpc) is 3.12. The Morgan fingerprint density at radius 3 is 2.83 bits per heavy atom. The minimum Gasteiger partial charge on any atom is -0.312 e. The molecule has 0 aromatic carbocycles. The van der Waals surface area contributed by atoms with Crippen LogP contribution in [0.15, 0.2) is 17.5 Å². The van der Waals surface area contributed by atoms with Crippen LogP contribution in [0.2, 0.25) is 0 Å². The van der Waals surface area contributed by atoms with Gasteiger partial charge in [-0.15, -0.1) is 22.7 Å². The molecule has 0 bridgehead atoms. The molecule has 2 aromatic heterocycles. The Balaban J connectivity index is 1.88. The summed E-state index contributed by atoms with van der Waals surface area (Å²) in [6, 6.07) is 5.97. The van der Waals surface area contributed by atoms with Gasteiger partial charge in [-0.25, -0.2) is 0 Å². The van der Waals surface area contributed by atoms with Crippen molar-refractivity contribution < 1.29 is 4.79 Å². The Kier molecular flexibility index (Phi) is 4.31. The van der Waals surface area contributed by atoms with Gasteiger partial charge in [0.1, 0.15) is 11.1 Å². The van der Waals surface area contributed by atoms with Crippen molar-refractivity contribution >= 4 is 33.6 Å². The number of carbonyl (C=O) groups excluding carboxylic acids is 1. The number of anilines is 1. The van der Waals surface area contributed by atoms with Crippen LogP contribution in [0.4, 0.5) is 5.00 Å². The molecule has 2 heterocycles. The highest BCUT2D eigenvalue weighted by Crippen LogP contribution is 2.44. The third-order valence-corrected chi connectivity index (χ3v) is 6.61. The van der Waals surface area contributed by atoms with E-state index in [9.17, 15) is 10.1 Å². The molecule has 3 nitrogen and oxygen atoms in total. The van der Waals surface area contributed by atoms with Gasteiger partial charge >= 0.3 is 0 Å². The average molecular weight is 345 g/mol. The van der Waals surface area contributed by atoms with Crippen molar-refractivity contribution in [3.8, 4) is 6.07 Å². The smallest absolute Gasteiger partial charge is 0.266 e. The van der Waals surface area contributed by atoms with E-state index in [1.807, 2.05) is 11.4 Å². The lowest BCUT2D eigenvalue weighted by molar-refractivity contribution is 0.103. The first-order valence-electron chi connectivity index (χ1n) is 7.79. The van der Waals surface area contributed by atoms with Crippen LogP contribution in [0.25, 0.3) is 0 Å². The second kappa shape index (κ2) is 6.10. The molecule has 1 aliphatic rings. The predicted octanol–water partition coefficient (Wildman–Crippen LogP) is 5.08. The van der Waals surface area contributed by atoms with Crippen LogP contribution < -0.4 is 5.32 Å². The van der Waals surface area contributed by atoms with Gasteiger partial charge in [0.15, 0.2) is 0 Å². The number of thiophene rings is 2. The minimum atomic E-state index is -0.123. The fourth-order valence-corrected chi connectivity index (χ4v) is 5.00. The first-order chi connectivity index (χ1) is 10.9. The molecular weight excluding hydrogens is 324 g/mol. The molecule has 1 atom stereocenters. The van der Waals surface area contributed by atoms with Crippen molar-refractivity contribution in [3.63, 3.8) is 0 Å². The van der Waals surface area contributed by atoms with Gasteiger partial charge in [0.2, 0.25) is 0 Å². The first kappa shape index (κ1) is 16.2. The molecule has 1 aliphatic carbocycles. The molecule has 0 radical (unpaired) electrons. The predicted molar refractivity (Wildman–Crippen MR) is 96.3 cm³/mol. The van der Waals surface area contributed by atoms with Crippen molar-refractivity contribution in [1.29, 1.82) is 5.26 Å². The van der Waals surface area contributed by atoms with Crippen LogP contribution >= 0.6 is 22.7 Å². The number of nitriles is 1. The van der Waals surface area contributed by atoms with E-state index in [1.54, 1.807) is 17.4 Å². The largest absolute Gasteiger partial charge is 0.312 e. The van der Waals surface area contributed by atoms with Gasteiger partial charge in [0.25, 0.3) is 5.91 Å². The van der Waals surface area contributed by atoms with Gasteiger partial charge in [-0.05, 0) is 47.6 Å². The lowest BCUT2D eigenvalue weighted by Gasteiger charge is -2.33. The third-order valence-electron chi connectivity index (χ3n) is 4.57. The Morgan fingerprint density at radius 1 is 1.43 bits per heavy atom. The summed E-state index contributed by atoms with van der Waals surface area (Å²) in [5.41, 5.74) is 2.09. The summed E-state index contributed by atoms with van der Waals surface area (Å²) in [5.74, 6) is 0.503. The van der Waals surface area contributed by atoms with Gasteiger partial charge in [-0.1, -0.05) is 26.8 Å². The first-order valence-corrected chi connectivity index (χ1v) is 9.49. The number of hydrogen-bond donors (Lipinski definition) is 1. The number of hydrogen-bond acceptors (Lipinski definition) is 4. The van der Waals surface area contributed by atoms with Gasteiger partial charge < -0.3 is 5.32 Å². The molecule has 2 aromatic rings. The van der Waals surface area contributed by atoms with Crippen molar-refractivity contribution in [3.05, 3.63) is 38.4 Å².